The van der Waals surface area contributed by atoms with E-state index in [0.29, 0.717) is 26.4 Å². The molecule has 0 unspecified atom stereocenters. The van der Waals surface area contributed by atoms with Gasteiger partial charge in [0.25, 0.3) is 0 Å². The summed E-state index contributed by atoms with van der Waals surface area (Å²) in [6.45, 7) is 2.39. The van der Waals surface area contributed by atoms with Gasteiger partial charge in [-0.05, 0) is 0 Å². The molecule has 0 spiro atoms. The number of ether oxygens (including phenoxy) is 3. The second kappa shape index (κ2) is 9.76. The Labute approximate surface area is 136 Å². The molecule has 0 aromatic heterocycles. The van der Waals surface area contributed by atoms with Gasteiger partial charge in [-0.2, -0.15) is 0 Å². The van der Waals surface area contributed by atoms with Gasteiger partial charge in [0.05, 0.1) is 0 Å². The van der Waals surface area contributed by atoms with Gasteiger partial charge in [-0.15, -0.1) is 0 Å². The fourth-order valence-corrected chi connectivity index (χ4v) is 3.87. The van der Waals surface area contributed by atoms with Crippen molar-refractivity contribution in [2.75, 3.05) is 33.5 Å². The van der Waals surface area contributed by atoms with E-state index in [1.165, 1.54) is 7.14 Å². The summed E-state index contributed by atoms with van der Waals surface area (Å²) < 4.78 is 18.7. The van der Waals surface area contributed by atoms with Crippen molar-refractivity contribution >= 4 is 0 Å². The molecule has 0 amide bonds. The van der Waals surface area contributed by atoms with Gasteiger partial charge < -0.3 is 0 Å². The van der Waals surface area contributed by atoms with Gasteiger partial charge in [-0.1, -0.05) is 0 Å². The average molecular weight is 399 g/mol. The van der Waals surface area contributed by atoms with E-state index in [1.54, 1.807) is 7.11 Å². The van der Waals surface area contributed by atoms with E-state index < -0.39 is 0 Å². The van der Waals surface area contributed by atoms with Crippen molar-refractivity contribution < 1.29 is 35.4 Å². The number of rotatable bonds is 9. The summed E-state index contributed by atoms with van der Waals surface area (Å²) in [4.78, 5) is 0. The first-order valence-electron chi connectivity index (χ1n) is 6.88. The zero-order valence-corrected chi connectivity index (χ0v) is 14.3. The second-order valence-electron chi connectivity index (χ2n) is 4.30. The van der Waals surface area contributed by atoms with E-state index in [2.05, 4.69) is 42.5 Å². The van der Waals surface area contributed by atoms with Crippen LogP contribution in [-0.2, 0) is 9.47 Å². The summed E-state index contributed by atoms with van der Waals surface area (Å²) in [6, 6.07) is 19.0. The summed E-state index contributed by atoms with van der Waals surface area (Å²) in [5, 5.41) is 0. The van der Waals surface area contributed by atoms with Crippen LogP contribution in [0.15, 0.2) is 54.6 Å². The molecule has 3 nitrogen and oxygen atoms in total. The summed E-state index contributed by atoms with van der Waals surface area (Å²) in [5.74, 6) is 0.895. The summed E-state index contributed by atoms with van der Waals surface area (Å²) in [6.07, 6.45) is 0. The van der Waals surface area contributed by atoms with Crippen molar-refractivity contribution in [1.82, 2.24) is 0 Å². The molecule has 2 rings (SSSR count). The number of methoxy groups -OCH3 is 1. The van der Waals surface area contributed by atoms with Crippen LogP contribution in [0.3, 0.4) is 0 Å². The van der Waals surface area contributed by atoms with Gasteiger partial charge in [0.2, 0.25) is 0 Å². The van der Waals surface area contributed by atoms with Gasteiger partial charge in [0.15, 0.2) is 0 Å². The molecule has 0 atom stereocenters. The molecule has 0 aliphatic rings. The SMILES string of the molecule is COCCOCCOc1ccc([I-]c2ccccc2)cc1. The topological polar surface area (TPSA) is 27.7 Å². The fraction of sp³-hybridized carbons (Fsp3) is 0.294. The van der Waals surface area contributed by atoms with Crippen LogP contribution >= 0.6 is 0 Å². The molecule has 4 heteroatoms. The Morgan fingerprint density at radius 3 is 2.14 bits per heavy atom. The number of benzene rings is 2. The maximum atomic E-state index is 5.64. The Morgan fingerprint density at radius 1 is 0.762 bits per heavy atom. The Hall–Kier alpha value is -1.11. The van der Waals surface area contributed by atoms with E-state index in [0.717, 1.165) is 5.75 Å². The standard InChI is InChI=1S/C17H20IO3/c1-19-11-12-20-13-14-21-17-9-7-16(8-10-17)18-15-5-3-2-4-6-15/h2-10H,11-14H2,1H3/q-1. The molecule has 0 saturated carbocycles. The maximum absolute atomic E-state index is 5.64. The summed E-state index contributed by atoms with van der Waals surface area (Å²) in [7, 11) is 1.67. The molecule has 0 heterocycles. The van der Waals surface area contributed by atoms with Crippen LogP contribution < -0.4 is 25.9 Å². The van der Waals surface area contributed by atoms with Crippen LogP contribution in [0, 0.1) is 7.14 Å². The molecule has 2 aromatic carbocycles. The van der Waals surface area contributed by atoms with E-state index in [4.69, 9.17) is 14.2 Å². The Kier molecular flexibility index (Phi) is 7.56. The summed E-state index contributed by atoms with van der Waals surface area (Å²) in [5.41, 5.74) is 0. The van der Waals surface area contributed by atoms with Gasteiger partial charge in [-0.25, -0.2) is 0 Å². The molecule has 0 aliphatic heterocycles. The van der Waals surface area contributed by atoms with Crippen molar-refractivity contribution in [1.29, 1.82) is 0 Å². The van der Waals surface area contributed by atoms with E-state index in [1.807, 2.05) is 12.1 Å². The molecule has 0 fully saturated rings. The molecular weight excluding hydrogens is 379 g/mol. The molecule has 2 aromatic rings. The molecule has 0 N–H and O–H groups in total. The predicted molar refractivity (Wildman–Crippen MR) is 78.5 cm³/mol. The van der Waals surface area contributed by atoms with E-state index >= 15 is 0 Å². The van der Waals surface area contributed by atoms with Crippen molar-refractivity contribution in [2.45, 2.75) is 0 Å². The van der Waals surface area contributed by atoms with Gasteiger partial charge >= 0.3 is 136 Å². The molecule has 21 heavy (non-hydrogen) atoms. The molecule has 0 bridgehead atoms. The first-order chi connectivity index (χ1) is 10.4. The van der Waals surface area contributed by atoms with E-state index in [9.17, 15) is 0 Å². The van der Waals surface area contributed by atoms with Crippen molar-refractivity contribution in [3.05, 3.63) is 61.7 Å². The molecular formula is C17H20IO3-. The van der Waals surface area contributed by atoms with Crippen LogP contribution in [0.1, 0.15) is 0 Å². The van der Waals surface area contributed by atoms with Crippen LogP contribution in [0.25, 0.3) is 0 Å². The minimum atomic E-state index is -0.102. The van der Waals surface area contributed by atoms with Crippen LogP contribution in [-0.4, -0.2) is 33.5 Å². The normalized spacial score (nSPS) is 10.7. The monoisotopic (exact) mass is 399 g/mol. The minimum absolute atomic E-state index is 0.102. The van der Waals surface area contributed by atoms with Gasteiger partial charge in [0, 0.05) is 0 Å². The number of hydrogen-bond donors (Lipinski definition) is 0. The predicted octanol–water partition coefficient (Wildman–Crippen LogP) is -0.143. The Morgan fingerprint density at radius 2 is 1.43 bits per heavy atom. The molecule has 0 aliphatic carbocycles. The molecule has 0 radical (unpaired) electrons. The first-order valence-corrected chi connectivity index (χ1v) is 9.03. The third kappa shape index (κ3) is 6.46. The zero-order valence-electron chi connectivity index (χ0n) is 12.1. The third-order valence-corrected chi connectivity index (χ3v) is 5.38. The Bertz CT molecular complexity index is 499. The fourth-order valence-electron chi connectivity index (χ4n) is 1.66. The quantitative estimate of drug-likeness (QED) is 0.434. The average Bonchev–Trinajstić information content (AvgIpc) is 2.53. The second-order valence-corrected chi connectivity index (χ2v) is 7.33. The van der Waals surface area contributed by atoms with Crippen molar-refractivity contribution in [3.8, 4) is 5.75 Å². The number of hydrogen-bond acceptors (Lipinski definition) is 3. The van der Waals surface area contributed by atoms with Crippen LogP contribution in [0.2, 0.25) is 0 Å². The number of halogens is 1. The van der Waals surface area contributed by atoms with Crippen LogP contribution in [0.5, 0.6) is 5.75 Å². The third-order valence-electron chi connectivity index (χ3n) is 2.69. The summed E-state index contributed by atoms with van der Waals surface area (Å²) >= 11 is -0.102. The molecule has 0 saturated heterocycles. The van der Waals surface area contributed by atoms with Gasteiger partial charge in [0.1, 0.15) is 0 Å². The molecule has 114 valence electrons. The zero-order chi connectivity index (χ0) is 14.8. The van der Waals surface area contributed by atoms with Crippen LogP contribution in [0.4, 0.5) is 0 Å². The van der Waals surface area contributed by atoms with Gasteiger partial charge in [-0.3, -0.25) is 0 Å². The Balaban J connectivity index is 1.72. The first kappa shape index (κ1) is 16.3. The van der Waals surface area contributed by atoms with Crippen molar-refractivity contribution in [3.63, 3.8) is 0 Å². The van der Waals surface area contributed by atoms with E-state index in [-0.39, 0.29) is 21.2 Å². The van der Waals surface area contributed by atoms with Crippen molar-refractivity contribution in [2.24, 2.45) is 0 Å².